The number of aryl methyl sites for hydroxylation is 1. The van der Waals surface area contributed by atoms with Gasteiger partial charge in [-0.25, -0.2) is 9.59 Å². The number of hydrogen-bond acceptors (Lipinski definition) is 4. The third-order valence-electron chi connectivity index (χ3n) is 1.81. The highest BCUT2D eigenvalue weighted by Gasteiger charge is 2.10. The lowest BCUT2D eigenvalue weighted by Crippen LogP contribution is -2.13. The Bertz CT molecular complexity index is 402. The van der Waals surface area contributed by atoms with Gasteiger partial charge in [-0.2, -0.15) is 0 Å². The Morgan fingerprint density at radius 3 is 2.40 bits per heavy atom. The number of ether oxygens (including phenoxy) is 1. The Morgan fingerprint density at radius 1 is 1.33 bits per heavy atom. The number of methoxy groups -OCH3 is 1. The fourth-order valence-corrected chi connectivity index (χ4v) is 1.00. The zero-order chi connectivity index (χ0) is 11.3. The van der Waals surface area contributed by atoms with Crippen molar-refractivity contribution in [1.82, 2.24) is 0 Å². The number of rotatable bonds is 3. The standard InChI is InChI=1S/C11H11NO3/c1-8-3-5-9(6-4-8)12-10(7-13)11(14)15-2/h3-6,12H,1-2H3. The maximum Gasteiger partial charge on any atom is 0.366 e. The van der Waals surface area contributed by atoms with Crippen LogP contribution < -0.4 is 5.32 Å². The van der Waals surface area contributed by atoms with Crippen LogP contribution in [0, 0.1) is 6.92 Å². The van der Waals surface area contributed by atoms with Crippen LogP contribution in [0.3, 0.4) is 0 Å². The van der Waals surface area contributed by atoms with Crippen molar-refractivity contribution in [2.45, 2.75) is 6.92 Å². The van der Waals surface area contributed by atoms with E-state index in [1.807, 2.05) is 19.1 Å². The van der Waals surface area contributed by atoms with Crippen LogP contribution >= 0.6 is 0 Å². The molecule has 0 spiro atoms. The minimum atomic E-state index is -0.731. The molecule has 1 N–H and O–H groups in total. The van der Waals surface area contributed by atoms with Crippen LogP contribution in [0.25, 0.3) is 0 Å². The summed E-state index contributed by atoms with van der Waals surface area (Å²) in [5.74, 6) is 0.766. The molecule has 0 radical (unpaired) electrons. The first kappa shape index (κ1) is 11.0. The first-order valence-electron chi connectivity index (χ1n) is 4.34. The van der Waals surface area contributed by atoms with Gasteiger partial charge in [0.1, 0.15) is 0 Å². The number of benzene rings is 1. The zero-order valence-corrected chi connectivity index (χ0v) is 8.53. The van der Waals surface area contributed by atoms with Crippen LogP contribution in [-0.2, 0) is 14.3 Å². The zero-order valence-electron chi connectivity index (χ0n) is 8.53. The lowest BCUT2D eigenvalue weighted by molar-refractivity contribution is -0.135. The molecule has 4 nitrogen and oxygen atoms in total. The Kier molecular flexibility index (Phi) is 3.66. The highest BCUT2D eigenvalue weighted by atomic mass is 16.5. The molecular formula is C11H11NO3. The summed E-state index contributed by atoms with van der Waals surface area (Å²) in [6.07, 6.45) is 0. The molecule has 15 heavy (non-hydrogen) atoms. The van der Waals surface area contributed by atoms with Crippen molar-refractivity contribution < 1.29 is 14.3 Å². The van der Waals surface area contributed by atoms with Crippen molar-refractivity contribution in [3.63, 3.8) is 0 Å². The molecule has 4 heteroatoms. The second kappa shape index (κ2) is 4.98. The first-order valence-corrected chi connectivity index (χ1v) is 4.34. The van der Waals surface area contributed by atoms with Crippen molar-refractivity contribution in [3.05, 3.63) is 35.5 Å². The third-order valence-corrected chi connectivity index (χ3v) is 1.81. The van der Waals surface area contributed by atoms with Gasteiger partial charge in [0.2, 0.25) is 5.70 Å². The summed E-state index contributed by atoms with van der Waals surface area (Å²) in [7, 11) is 1.20. The Morgan fingerprint density at radius 2 is 1.93 bits per heavy atom. The van der Waals surface area contributed by atoms with E-state index >= 15 is 0 Å². The summed E-state index contributed by atoms with van der Waals surface area (Å²) in [6.45, 7) is 1.95. The Balaban J connectivity index is 2.81. The molecule has 0 amide bonds. The number of carbonyl (C=O) groups excluding carboxylic acids is 2. The molecule has 0 aliphatic carbocycles. The predicted molar refractivity (Wildman–Crippen MR) is 56.0 cm³/mol. The van der Waals surface area contributed by atoms with E-state index in [2.05, 4.69) is 10.1 Å². The number of esters is 1. The normalized spacial score (nSPS) is 8.93. The summed E-state index contributed by atoms with van der Waals surface area (Å²) in [5.41, 5.74) is 1.50. The van der Waals surface area contributed by atoms with Gasteiger partial charge in [-0.1, -0.05) is 17.7 Å². The topological polar surface area (TPSA) is 55.4 Å². The van der Waals surface area contributed by atoms with Crippen LogP contribution in [0.4, 0.5) is 5.69 Å². The van der Waals surface area contributed by atoms with Crippen LogP contribution in [0.5, 0.6) is 0 Å². The molecule has 78 valence electrons. The molecule has 0 bridgehead atoms. The average molecular weight is 205 g/mol. The second-order valence-corrected chi connectivity index (χ2v) is 2.96. The second-order valence-electron chi connectivity index (χ2n) is 2.96. The van der Waals surface area contributed by atoms with E-state index in [-0.39, 0.29) is 5.70 Å². The van der Waals surface area contributed by atoms with Crippen molar-refractivity contribution >= 4 is 17.6 Å². The summed E-state index contributed by atoms with van der Waals surface area (Å²) in [6, 6.07) is 7.25. The molecule has 0 heterocycles. The van der Waals surface area contributed by atoms with Gasteiger partial charge in [-0.3, -0.25) is 0 Å². The van der Waals surface area contributed by atoms with E-state index in [9.17, 15) is 9.59 Å². The van der Waals surface area contributed by atoms with Gasteiger partial charge in [0.15, 0.2) is 5.94 Å². The lowest BCUT2D eigenvalue weighted by Gasteiger charge is -2.05. The first-order chi connectivity index (χ1) is 7.17. The van der Waals surface area contributed by atoms with E-state index in [1.165, 1.54) is 13.1 Å². The number of nitrogens with one attached hydrogen (secondary N) is 1. The highest BCUT2D eigenvalue weighted by Crippen LogP contribution is 2.10. The summed E-state index contributed by atoms with van der Waals surface area (Å²) < 4.78 is 4.40. The summed E-state index contributed by atoms with van der Waals surface area (Å²) in [5, 5.41) is 2.63. The number of carbonyl (C=O) groups is 1. The molecule has 0 aliphatic heterocycles. The minimum Gasteiger partial charge on any atom is -0.464 e. The molecule has 0 aliphatic rings. The van der Waals surface area contributed by atoms with Crippen molar-refractivity contribution in [2.75, 3.05) is 12.4 Å². The molecule has 1 aromatic rings. The monoisotopic (exact) mass is 205 g/mol. The van der Waals surface area contributed by atoms with Gasteiger partial charge in [0.25, 0.3) is 0 Å². The van der Waals surface area contributed by atoms with Crippen molar-refractivity contribution in [1.29, 1.82) is 0 Å². The minimum absolute atomic E-state index is 0.235. The fourth-order valence-electron chi connectivity index (χ4n) is 1.00. The van der Waals surface area contributed by atoms with Crippen LogP contribution in [0.15, 0.2) is 30.0 Å². The predicted octanol–water partition coefficient (Wildman–Crippen LogP) is 1.30. The van der Waals surface area contributed by atoms with Gasteiger partial charge in [0, 0.05) is 5.69 Å². The van der Waals surface area contributed by atoms with Gasteiger partial charge in [-0.15, -0.1) is 0 Å². The van der Waals surface area contributed by atoms with Crippen molar-refractivity contribution in [3.8, 4) is 0 Å². The molecule has 1 rings (SSSR count). The molecule has 0 saturated heterocycles. The highest BCUT2D eigenvalue weighted by molar-refractivity contribution is 5.99. The smallest absolute Gasteiger partial charge is 0.366 e. The van der Waals surface area contributed by atoms with Gasteiger partial charge >= 0.3 is 5.97 Å². The van der Waals surface area contributed by atoms with Gasteiger partial charge in [-0.05, 0) is 19.1 Å². The van der Waals surface area contributed by atoms with E-state index in [1.54, 1.807) is 12.1 Å². The van der Waals surface area contributed by atoms with Crippen LogP contribution in [0.1, 0.15) is 5.56 Å². The largest absolute Gasteiger partial charge is 0.464 e. The van der Waals surface area contributed by atoms with E-state index in [4.69, 9.17) is 0 Å². The SMILES string of the molecule is COC(=O)C(=C=O)Nc1ccc(C)cc1. The summed E-state index contributed by atoms with van der Waals surface area (Å²) in [4.78, 5) is 21.5. The van der Waals surface area contributed by atoms with E-state index < -0.39 is 5.97 Å². The van der Waals surface area contributed by atoms with E-state index in [0.717, 1.165) is 5.56 Å². The molecule has 0 fully saturated rings. The molecule has 0 aromatic heterocycles. The molecule has 0 atom stereocenters. The average Bonchev–Trinajstić information content (AvgIpc) is 2.27. The molecule has 0 unspecified atom stereocenters. The Hall–Kier alpha value is -2.06. The lowest BCUT2D eigenvalue weighted by atomic mass is 10.2. The van der Waals surface area contributed by atoms with E-state index in [0.29, 0.717) is 5.69 Å². The van der Waals surface area contributed by atoms with Crippen molar-refractivity contribution in [2.24, 2.45) is 0 Å². The number of anilines is 1. The van der Waals surface area contributed by atoms with Crippen LogP contribution in [-0.4, -0.2) is 19.0 Å². The quantitative estimate of drug-likeness (QED) is 0.459. The number of hydrogen-bond donors (Lipinski definition) is 1. The molecule has 1 aromatic carbocycles. The van der Waals surface area contributed by atoms with Gasteiger partial charge < -0.3 is 10.1 Å². The fraction of sp³-hybridized carbons (Fsp3) is 0.182. The Labute approximate surface area is 87.6 Å². The molecular weight excluding hydrogens is 194 g/mol. The van der Waals surface area contributed by atoms with Gasteiger partial charge in [0.05, 0.1) is 7.11 Å². The maximum atomic E-state index is 11.0. The maximum absolute atomic E-state index is 11.0. The third kappa shape index (κ3) is 2.97. The summed E-state index contributed by atoms with van der Waals surface area (Å²) >= 11 is 0. The molecule has 0 saturated carbocycles. The van der Waals surface area contributed by atoms with Crippen LogP contribution in [0.2, 0.25) is 0 Å².